The molecule has 0 aliphatic rings. The third-order valence-corrected chi connectivity index (χ3v) is 3.00. The number of halogens is 1. The average Bonchev–Trinajstić information content (AvgIpc) is 2.86. The third-order valence-electron chi connectivity index (χ3n) is 2.80. The van der Waals surface area contributed by atoms with E-state index in [0.717, 1.165) is 5.56 Å². The summed E-state index contributed by atoms with van der Waals surface area (Å²) >= 11 is 5.78. The molecule has 102 valence electrons. The first kappa shape index (κ1) is 13.7. The van der Waals surface area contributed by atoms with E-state index in [9.17, 15) is 0 Å². The largest absolute Gasteiger partial charge is 0.497 e. The van der Waals surface area contributed by atoms with Crippen LogP contribution in [0, 0.1) is 0 Å². The number of nitrogens with two attached hydrogens (primary N) is 1. The van der Waals surface area contributed by atoms with Crippen LogP contribution in [0.4, 0.5) is 0 Å². The van der Waals surface area contributed by atoms with Gasteiger partial charge in [0.25, 0.3) is 0 Å². The first-order valence-electron chi connectivity index (χ1n) is 5.63. The van der Waals surface area contributed by atoms with E-state index in [1.54, 1.807) is 32.4 Å². The van der Waals surface area contributed by atoms with Crippen molar-refractivity contribution in [1.82, 2.24) is 5.43 Å². The summed E-state index contributed by atoms with van der Waals surface area (Å²) in [6.45, 7) is 0. The van der Waals surface area contributed by atoms with Crippen LogP contribution in [0.3, 0.4) is 0 Å². The maximum Gasteiger partial charge on any atom is 0.193 e. The number of methoxy groups -OCH3 is 2. The van der Waals surface area contributed by atoms with E-state index in [0.29, 0.717) is 22.5 Å². The van der Waals surface area contributed by atoms with Gasteiger partial charge in [0, 0.05) is 11.6 Å². The lowest BCUT2D eigenvalue weighted by atomic mass is 10.0. The predicted octanol–water partition coefficient (Wildman–Crippen LogP) is 2.50. The topological polar surface area (TPSA) is 69.7 Å². The molecule has 0 fully saturated rings. The molecule has 0 aliphatic carbocycles. The lowest BCUT2D eigenvalue weighted by molar-refractivity contribution is 0.381. The van der Waals surface area contributed by atoms with E-state index in [4.69, 9.17) is 31.3 Å². The summed E-state index contributed by atoms with van der Waals surface area (Å²) < 4.78 is 15.9. The second kappa shape index (κ2) is 5.97. The van der Waals surface area contributed by atoms with E-state index in [1.807, 2.05) is 12.1 Å². The number of hydrazine groups is 1. The molecule has 0 saturated heterocycles. The Labute approximate surface area is 116 Å². The smallest absolute Gasteiger partial charge is 0.193 e. The summed E-state index contributed by atoms with van der Waals surface area (Å²) in [7, 11) is 3.18. The fourth-order valence-corrected chi connectivity index (χ4v) is 2.02. The Morgan fingerprint density at radius 1 is 1.21 bits per heavy atom. The van der Waals surface area contributed by atoms with Crippen molar-refractivity contribution in [3.05, 3.63) is 46.9 Å². The molecule has 0 aliphatic heterocycles. The summed E-state index contributed by atoms with van der Waals surface area (Å²) in [5.41, 5.74) is 3.52. The summed E-state index contributed by atoms with van der Waals surface area (Å²) in [5, 5.41) is 0.308. The number of rotatable bonds is 5. The standard InChI is InChI=1S/C13H15ClN2O3/c1-17-8-3-4-9(11(7-8)18-2)13(16-15)10-5-6-12(14)19-10/h3-7,13,16H,15H2,1-2H3. The third kappa shape index (κ3) is 2.84. The zero-order valence-electron chi connectivity index (χ0n) is 10.6. The molecule has 2 rings (SSSR count). The van der Waals surface area contributed by atoms with Crippen LogP contribution in [-0.4, -0.2) is 14.2 Å². The van der Waals surface area contributed by atoms with Crippen molar-refractivity contribution < 1.29 is 13.9 Å². The van der Waals surface area contributed by atoms with Crippen LogP contribution in [0.1, 0.15) is 17.4 Å². The van der Waals surface area contributed by atoms with E-state index < -0.39 is 0 Å². The van der Waals surface area contributed by atoms with Crippen molar-refractivity contribution in [2.45, 2.75) is 6.04 Å². The van der Waals surface area contributed by atoms with Gasteiger partial charge in [-0.15, -0.1) is 0 Å². The van der Waals surface area contributed by atoms with Crippen molar-refractivity contribution in [1.29, 1.82) is 0 Å². The van der Waals surface area contributed by atoms with Crippen molar-refractivity contribution in [2.75, 3.05) is 14.2 Å². The van der Waals surface area contributed by atoms with Gasteiger partial charge >= 0.3 is 0 Å². The van der Waals surface area contributed by atoms with Gasteiger partial charge in [-0.3, -0.25) is 5.84 Å². The fourth-order valence-electron chi connectivity index (χ4n) is 1.87. The monoisotopic (exact) mass is 282 g/mol. The minimum Gasteiger partial charge on any atom is -0.497 e. The maximum absolute atomic E-state index is 5.78. The minimum absolute atomic E-state index is 0.308. The van der Waals surface area contributed by atoms with Crippen molar-refractivity contribution in [3.63, 3.8) is 0 Å². The molecule has 0 bridgehead atoms. The van der Waals surface area contributed by atoms with Crippen molar-refractivity contribution >= 4 is 11.6 Å². The molecule has 1 unspecified atom stereocenters. The molecular weight excluding hydrogens is 268 g/mol. The van der Waals surface area contributed by atoms with Gasteiger partial charge in [-0.25, -0.2) is 5.43 Å². The van der Waals surface area contributed by atoms with Crippen LogP contribution < -0.4 is 20.7 Å². The number of hydrogen-bond donors (Lipinski definition) is 2. The Balaban J connectivity index is 2.43. The molecule has 5 nitrogen and oxygen atoms in total. The molecule has 3 N–H and O–H groups in total. The Morgan fingerprint density at radius 3 is 2.53 bits per heavy atom. The van der Waals surface area contributed by atoms with Gasteiger partial charge in [-0.05, 0) is 35.9 Å². The Hall–Kier alpha value is -1.69. The summed E-state index contributed by atoms with van der Waals surface area (Å²) in [6, 6.07) is 8.54. The van der Waals surface area contributed by atoms with Crippen molar-refractivity contribution in [2.24, 2.45) is 5.84 Å². The number of nitrogens with one attached hydrogen (secondary N) is 1. The minimum atomic E-state index is -0.353. The van der Waals surface area contributed by atoms with E-state index in [1.165, 1.54) is 0 Å². The molecule has 1 aromatic carbocycles. The zero-order valence-corrected chi connectivity index (χ0v) is 11.4. The second-order valence-electron chi connectivity index (χ2n) is 3.85. The predicted molar refractivity (Wildman–Crippen MR) is 72.4 cm³/mol. The number of benzene rings is 1. The number of furan rings is 1. The highest BCUT2D eigenvalue weighted by atomic mass is 35.5. The lowest BCUT2D eigenvalue weighted by Gasteiger charge is -2.17. The molecular formula is C13H15ClN2O3. The molecule has 0 saturated carbocycles. The quantitative estimate of drug-likeness (QED) is 0.651. The molecule has 1 heterocycles. The SMILES string of the molecule is COc1ccc(C(NN)c2ccc(Cl)o2)c(OC)c1. The lowest BCUT2D eigenvalue weighted by Crippen LogP contribution is -2.28. The Morgan fingerprint density at radius 2 is 2.00 bits per heavy atom. The molecule has 2 aromatic rings. The average molecular weight is 283 g/mol. The molecule has 1 aromatic heterocycles. The molecule has 0 spiro atoms. The van der Waals surface area contributed by atoms with Gasteiger partial charge in [0.05, 0.1) is 14.2 Å². The molecule has 6 heteroatoms. The van der Waals surface area contributed by atoms with Crippen LogP contribution in [0.25, 0.3) is 0 Å². The molecule has 0 amide bonds. The van der Waals surface area contributed by atoms with Gasteiger partial charge in [-0.1, -0.05) is 0 Å². The van der Waals surface area contributed by atoms with Gasteiger partial charge in [0.15, 0.2) is 5.22 Å². The Kier molecular flexibility index (Phi) is 4.31. The second-order valence-corrected chi connectivity index (χ2v) is 4.22. The maximum atomic E-state index is 5.78. The Bertz CT molecular complexity index is 557. The van der Waals surface area contributed by atoms with Gasteiger partial charge in [-0.2, -0.15) is 0 Å². The molecule has 1 atom stereocenters. The van der Waals surface area contributed by atoms with Gasteiger partial charge in [0.2, 0.25) is 0 Å². The van der Waals surface area contributed by atoms with Gasteiger partial charge < -0.3 is 13.9 Å². The van der Waals surface area contributed by atoms with Gasteiger partial charge in [0.1, 0.15) is 23.3 Å². The van der Waals surface area contributed by atoms with E-state index in [-0.39, 0.29) is 6.04 Å². The number of ether oxygens (including phenoxy) is 2. The molecule has 0 radical (unpaired) electrons. The van der Waals surface area contributed by atoms with Crippen LogP contribution in [0.5, 0.6) is 11.5 Å². The van der Waals surface area contributed by atoms with Crippen LogP contribution >= 0.6 is 11.6 Å². The summed E-state index contributed by atoms with van der Waals surface area (Å²) in [6.07, 6.45) is 0. The summed E-state index contributed by atoms with van der Waals surface area (Å²) in [5.74, 6) is 7.56. The first-order valence-corrected chi connectivity index (χ1v) is 6.00. The highest BCUT2D eigenvalue weighted by molar-refractivity contribution is 6.28. The first-order chi connectivity index (χ1) is 9.19. The fraction of sp³-hybridized carbons (Fsp3) is 0.231. The van der Waals surface area contributed by atoms with Crippen LogP contribution in [-0.2, 0) is 0 Å². The van der Waals surface area contributed by atoms with E-state index in [2.05, 4.69) is 5.43 Å². The normalized spacial score (nSPS) is 12.2. The summed E-state index contributed by atoms with van der Waals surface area (Å²) in [4.78, 5) is 0. The van der Waals surface area contributed by atoms with Crippen LogP contribution in [0.15, 0.2) is 34.7 Å². The van der Waals surface area contributed by atoms with Crippen LogP contribution in [0.2, 0.25) is 5.22 Å². The molecule has 19 heavy (non-hydrogen) atoms. The number of hydrogen-bond acceptors (Lipinski definition) is 5. The zero-order chi connectivity index (χ0) is 13.8. The highest BCUT2D eigenvalue weighted by Gasteiger charge is 2.20. The van der Waals surface area contributed by atoms with E-state index >= 15 is 0 Å². The highest BCUT2D eigenvalue weighted by Crippen LogP contribution is 2.33. The van der Waals surface area contributed by atoms with Crippen molar-refractivity contribution in [3.8, 4) is 11.5 Å².